The Kier molecular flexibility index (Phi) is 8.58. The maximum absolute atomic E-state index is 13.4. The summed E-state index contributed by atoms with van der Waals surface area (Å²) in [6, 6.07) is 5.28. The predicted octanol–water partition coefficient (Wildman–Crippen LogP) is -1.68. The number of carbonyl (C=O) groups is 3. The molecule has 170 valence electrons. The molecule has 2 heterocycles. The fourth-order valence-corrected chi connectivity index (χ4v) is 5.96. The molecule has 10 heteroatoms. The molecule has 2 saturated heterocycles. The molecule has 3 rings (SSSR count). The van der Waals surface area contributed by atoms with Crippen LogP contribution in [-0.4, -0.2) is 57.6 Å². The van der Waals surface area contributed by atoms with Gasteiger partial charge in [0, 0.05) is 4.75 Å². The van der Waals surface area contributed by atoms with Crippen molar-refractivity contribution < 1.29 is 58.5 Å². The Balaban J connectivity index is 0.00000363. The third-order valence-corrected chi connectivity index (χ3v) is 7.54. The molecule has 2 aliphatic rings. The Morgan fingerprint density at radius 3 is 2.41 bits per heavy atom. The molecule has 0 bridgehead atoms. The summed E-state index contributed by atoms with van der Waals surface area (Å²) in [7, 11) is 1.53. The van der Waals surface area contributed by atoms with E-state index in [1.807, 2.05) is 19.9 Å². The number of carboxylic acid groups (broad SMARTS) is 1. The molecule has 0 spiro atoms. The summed E-state index contributed by atoms with van der Waals surface area (Å²) in [4.78, 5) is 39.1. The van der Waals surface area contributed by atoms with Crippen LogP contribution in [0.2, 0.25) is 0 Å². The van der Waals surface area contributed by atoms with E-state index in [1.54, 1.807) is 32.0 Å². The van der Waals surface area contributed by atoms with Gasteiger partial charge in [-0.1, -0.05) is 32.4 Å². The number of nitrogens with zero attached hydrogens (tertiary/aromatic N) is 1. The number of ether oxygens (including phenoxy) is 2. The van der Waals surface area contributed by atoms with Crippen LogP contribution in [0.15, 0.2) is 24.3 Å². The number of carbonyl (C=O) groups excluding carboxylic acids is 3. The van der Waals surface area contributed by atoms with Crippen molar-refractivity contribution in [3.8, 4) is 11.5 Å². The molecule has 1 N–H and O–H groups in total. The summed E-state index contributed by atoms with van der Waals surface area (Å²) >= 11 is 1.36. The van der Waals surface area contributed by atoms with E-state index in [4.69, 9.17) is 9.47 Å². The van der Waals surface area contributed by atoms with Gasteiger partial charge in [0.05, 0.1) is 19.1 Å². The topological polar surface area (TPSA) is 108 Å². The van der Waals surface area contributed by atoms with Gasteiger partial charge in [-0.15, -0.1) is 11.8 Å². The minimum Gasteiger partial charge on any atom is -0.548 e. The van der Waals surface area contributed by atoms with Crippen molar-refractivity contribution in [1.82, 2.24) is 10.2 Å². The third kappa shape index (κ3) is 4.62. The SMILES string of the molecule is CCCC(CC)(Oc1ccccc1OC)C(=O)N[C@@H]1C(=O)N2[C@@H]1SC(C)(C)[C@@H]2C(=O)[O-].[Na+]. The molecule has 1 aromatic carbocycles. The number of methoxy groups -OCH3 is 1. The maximum Gasteiger partial charge on any atom is 1.00 e. The number of fused-ring (bicyclic) bond motifs is 1. The van der Waals surface area contributed by atoms with Crippen molar-refractivity contribution in [2.24, 2.45) is 0 Å². The Labute approximate surface area is 215 Å². The standard InChI is InChI=1S/C22H30N2O6S.Na/c1-6-12-22(7-2,30-14-11-9-8-10-13(14)29-5)20(28)23-15-17(25)24-16(19(26)27)21(3,4)31-18(15)24;/h8-11,15-16,18H,6-7,12H2,1-5H3,(H,23,28)(H,26,27);/q;+1/p-1/t15-,16+,18-,22?;/m1./s1. The van der Waals surface area contributed by atoms with Gasteiger partial charge in [-0.25, -0.2) is 0 Å². The number of carboxylic acids is 1. The number of β-lactam (4-membered cyclic amide) rings is 1. The number of para-hydroxylation sites is 2. The molecule has 0 aliphatic carbocycles. The third-order valence-electron chi connectivity index (χ3n) is 5.96. The van der Waals surface area contributed by atoms with Crippen LogP contribution < -0.4 is 49.5 Å². The molecule has 2 aliphatic heterocycles. The second-order valence-electron chi connectivity index (χ2n) is 8.38. The van der Waals surface area contributed by atoms with Gasteiger partial charge in [0.15, 0.2) is 17.1 Å². The average molecular weight is 473 g/mol. The Morgan fingerprint density at radius 2 is 1.88 bits per heavy atom. The minimum absolute atomic E-state index is 0. The smallest absolute Gasteiger partial charge is 0.548 e. The van der Waals surface area contributed by atoms with E-state index in [-0.39, 0.29) is 29.6 Å². The van der Waals surface area contributed by atoms with Crippen LogP contribution in [0.4, 0.5) is 0 Å². The summed E-state index contributed by atoms with van der Waals surface area (Å²) in [6.45, 7) is 7.35. The second-order valence-corrected chi connectivity index (χ2v) is 10.2. The van der Waals surface area contributed by atoms with Gasteiger partial charge >= 0.3 is 29.6 Å². The summed E-state index contributed by atoms with van der Waals surface area (Å²) in [5, 5.41) is 14.0. The van der Waals surface area contributed by atoms with Crippen molar-refractivity contribution >= 4 is 29.5 Å². The van der Waals surface area contributed by atoms with E-state index in [1.165, 1.54) is 23.8 Å². The van der Waals surface area contributed by atoms with Gasteiger partial charge in [-0.05, 0) is 38.8 Å². The first-order valence-corrected chi connectivity index (χ1v) is 11.3. The van der Waals surface area contributed by atoms with E-state index in [0.29, 0.717) is 30.8 Å². The molecule has 0 saturated carbocycles. The minimum atomic E-state index is -1.29. The van der Waals surface area contributed by atoms with Crippen LogP contribution in [0.3, 0.4) is 0 Å². The summed E-state index contributed by atoms with van der Waals surface area (Å²) in [5.41, 5.74) is -1.18. The number of rotatable bonds is 9. The molecule has 2 fully saturated rings. The number of nitrogens with one attached hydrogen (secondary N) is 1. The fourth-order valence-electron chi connectivity index (χ4n) is 4.34. The molecule has 8 nitrogen and oxygen atoms in total. The fraction of sp³-hybridized carbons (Fsp3) is 0.591. The molecule has 1 aromatic rings. The van der Waals surface area contributed by atoms with Crippen molar-refractivity contribution in [3.05, 3.63) is 24.3 Å². The number of thioether (sulfide) groups is 1. The number of aliphatic carboxylic acids is 1. The first-order valence-electron chi connectivity index (χ1n) is 10.5. The molecule has 4 atom stereocenters. The van der Waals surface area contributed by atoms with Gasteiger partial charge in [0.2, 0.25) is 5.91 Å². The summed E-state index contributed by atoms with van der Waals surface area (Å²) < 4.78 is 10.9. The Morgan fingerprint density at radius 1 is 1.25 bits per heavy atom. The van der Waals surface area contributed by atoms with Crippen LogP contribution in [0, 0.1) is 0 Å². The molecule has 32 heavy (non-hydrogen) atoms. The molecule has 2 amide bonds. The van der Waals surface area contributed by atoms with Gasteiger partial charge in [0.1, 0.15) is 11.4 Å². The molecular weight excluding hydrogens is 443 g/mol. The average Bonchev–Trinajstić information content (AvgIpc) is 2.99. The van der Waals surface area contributed by atoms with E-state index < -0.39 is 45.6 Å². The Hall–Kier alpha value is -1.42. The number of benzene rings is 1. The van der Waals surface area contributed by atoms with E-state index in [2.05, 4.69) is 5.32 Å². The van der Waals surface area contributed by atoms with E-state index in [9.17, 15) is 19.5 Å². The normalized spacial score (nSPS) is 25.0. The second kappa shape index (κ2) is 10.2. The van der Waals surface area contributed by atoms with Gasteiger partial charge in [0.25, 0.3) is 5.91 Å². The molecular formula is C22H29N2NaO6S. The van der Waals surface area contributed by atoms with Gasteiger partial charge in [-0.2, -0.15) is 0 Å². The van der Waals surface area contributed by atoms with E-state index in [0.717, 1.165) is 0 Å². The first-order chi connectivity index (χ1) is 14.6. The first kappa shape index (κ1) is 26.8. The number of hydrogen-bond donors (Lipinski definition) is 1. The molecule has 1 unspecified atom stereocenters. The quantitative estimate of drug-likeness (QED) is 0.338. The summed E-state index contributed by atoms with van der Waals surface area (Å²) in [6.07, 6.45) is 1.53. The van der Waals surface area contributed by atoms with Gasteiger partial charge < -0.3 is 29.6 Å². The Bertz CT molecular complexity index is 882. The van der Waals surface area contributed by atoms with Crippen LogP contribution in [-0.2, 0) is 14.4 Å². The maximum atomic E-state index is 13.4. The largest absolute Gasteiger partial charge is 1.00 e. The molecule has 0 aromatic heterocycles. The van der Waals surface area contributed by atoms with Crippen molar-refractivity contribution in [3.63, 3.8) is 0 Å². The summed E-state index contributed by atoms with van der Waals surface area (Å²) in [5.74, 6) is -1.13. The van der Waals surface area contributed by atoms with Crippen molar-refractivity contribution in [2.75, 3.05) is 7.11 Å². The number of hydrogen-bond acceptors (Lipinski definition) is 7. The van der Waals surface area contributed by atoms with Crippen LogP contribution in [0.5, 0.6) is 11.5 Å². The van der Waals surface area contributed by atoms with Crippen LogP contribution >= 0.6 is 11.8 Å². The number of amides is 2. The van der Waals surface area contributed by atoms with Crippen LogP contribution in [0.1, 0.15) is 47.0 Å². The van der Waals surface area contributed by atoms with Crippen LogP contribution in [0.25, 0.3) is 0 Å². The van der Waals surface area contributed by atoms with Crippen molar-refractivity contribution in [2.45, 2.75) is 74.8 Å². The monoisotopic (exact) mass is 472 g/mol. The zero-order valence-electron chi connectivity index (χ0n) is 19.5. The van der Waals surface area contributed by atoms with Crippen molar-refractivity contribution in [1.29, 1.82) is 0 Å². The zero-order chi connectivity index (χ0) is 23.0. The van der Waals surface area contributed by atoms with E-state index >= 15 is 0 Å². The predicted molar refractivity (Wildman–Crippen MR) is 115 cm³/mol. The zero-order valence-corrected chi connectivity index (χ0v) is 22.3. The molecule has 0 radical (unpaired) electrons. The van der Waals surface area contributed by atoms with Gasteiger partial charge in [-0.3, -0.25) is 9.59 Å².